The summed E-state index contributed by atoms with van der Waals surface area (Å²) in [6, 6.07) is 1.90. The van der Waals surface area contributed by atoms with Crippen LogP contribution in [0.15, 0.2) is 6.07 Å². The Labute approximate surface area is 114 Å². The molecule has 1 aromatic heterocycles. The van der Waals surface area contributed by atoms with Crippen LogP contribution in [0.4, 0.5) is 5.82 Å². The van der Waals surface area contributed by atoms with Gasteiger partial charge in [-0.2, -0.15) is 0 Å². The lowest BCUT2D eigenvalue weighted by molar-refractivity contribution is 0.465. The van der Waals surface area contributed by atoms with Gasteiger partial charge in [0.15, 0.2) is 0 Å². The van der Waals surface area contributed by atoms with Crippen LogP contribution in [0.3, 0.4) is 0 Å². The van der Waals surface area contributed by atoms with Gasteiger partial charge in [0, 0.05) is 30.9 Å². The molecule has 106 valence electrons. The molecule has 0 radical (unpaired) electrons. The number of rotatable bonds is 3. The molecule has 2 rings (SSSR count). The number of nitrogens with one attached hydrogen (secondary N) is 1. The van der Waals surface area contributed by atoms with Crippen LogP contribution in [0, 0.1) is 13.8 Å². The maximum atomic E-state index is 11.3. The fourth-order valence-electron chi connectivity index (χ4n) is 2.44. The summed E-state index contributed by atoms with van der Waals surface area (Å²) in [5, 5.41) is 0. The molecule has 19 heavy (non-hydrogen) atoms. The molecule has 1 unspecified atom stereocenters. The number of sulfonamides is 1. The predicted molar refractivity (Wildman–Crippen MR) is 74.7 cm³/mol. The standard InChI is InChI=1S/C12H20N4O2S/c1-9-7-12(14-10(2)13-9)16-6-4-5-11(8-16)15-19(3,17)18/h7,11,15H,4-6,8H2,1-3H3. The monoisotopic (exact) mass is 284 g/mol. The van der Waals surface area contributed by atoms with Crippen LogP contribution in [0.2, 0.25) is 0 Å². The highest BCUT2D eigenvalue weighted by Gasteiger charge is 2.23. The van der Waals surface area contributed by atoms with Gasteiger partial charge in [-0.1, -0.05) is 0 Å². The number of hydrogen-bond donors (Lipinski definition) is 1. The summed E-state index contributed by atoms with van der Waals surface area (Å²) in [7, 11) is -3.16. The van der Waals surface area contributed by atoms with Gasteiger partial charge < -0.3 is 4.90 Å². The topological polar surface area (TPSA) is 75.2 Å². The SMILES string of the molecule is Cc1cc(N2CCCC(NS(C)(=O)=O)C2)nc(C)n1. The Kier molecular flexibility index (Phi) is 4.05. The molecule has 7 heteroatoms. The van der Waals surface area contributed by atoms with Gasteiger partial charge in [0.25, 0.3) is 0 Å². The fraction of sp³-hybridized carbons (Fsp3) is 0.667. The van der Waals surface area contributed by atoms with Crippen LogP contribution in [0.1, 0.15) is 24.4 Å². The Morgan fingerprint density at radius 2 is 2.11 bits per heavy atom. The molecule has 0 spiro atoms. The molecule has 0 aromatic carbocycles. The zero-order valence-electron chi connectivity index (χ0n) is 11.5. The third-order valence-corrected chi connectivity index (χ3v) is 3.84. The molecular weight excluding hydrogens is 264 g/mol. The number of aromatic nitrogens is 2. The van der Waals surface area contributed by atoms with E-state index in [2.05, 4.69) is 19.6 Å². The van der Waals surface area contributed by atoms with Crippen molar-refractivity contribution in [1.82, 2.24) is 14.7 Å². The maximum absolute atomic E-state index is 11.3. The first-order valence-corrected chi connectivity index (χ1v) is 8.27. The molecule has 0 amide bonds. The van der Waals surface area contributed by atoms with E-state index in [9.17, 15) is 8.42 Å². The second-order valence-corrected chi connectivity index (χ2v) is 6.87. The smallest absolute Gasteiger partial charge is 0.209 e. The highest BCUT2D eigenvalue weighted by atomic mass is 32.2. The molecule has 0 saturated carbocycles. The number of aryl methyl sites for hydroxylation is 2. The first-order chi connectivity index (χ1) is 8.83. The summed E-state index contributed by atoms with van der Waals surface area (Å²) >= 11 is 0. The quantitative estimate of drug-likeness (QED) is 0.880. The van der Waals surface area contributed by atoms with E-state index in [0.29, 0.717) is 6.54 Å². The molecule has 0 aliphatic carbocycles. The van der Waals surface area contributed by atoms with Gasteiger partial charge in [-0.25, -0.2) is 23.1 Å². The molecule has 2 heterocycles. The van der Waals surface area contributed by atoms with Crippen molar-refractivity contribution in [3.05, 3.63) is 17.6 Å². The fourth-order valence-corrected chi connectivity index (χ4v) is 3.24. The van der Waals surface area contributed by atoms with E-state index < -0.39 is 10.0 Å². The number of anilines is 1. The maximum Gasteiger partial charge on any atom is 0.209 e. The van der Waals surface area contributed by atoms with E-state index in [-0.39, 0.29) is 6.04 Å². The van der Waals surface area contributed by atoms with Gasteiger partial charge >= 0.3 is 0 Å². The molecule has 1 saturated heterocycles. The second-order valence-electron chi connectivity index (χ2n) is 5.09. The normalized spacial score (nSPS) is 20.6. The minimum atomic E-state index is -3.16. The summed E-state index contributed by atoms with van der Waals surface area (Å²) in [6.07, 6.45) is 3.02. The van der Waals surface area contributed by atoms with Crippen molar-refractivity contribution in [3.8, 4) is 0 Å². The van der Waals surface area contributed by atoms with Crippen LogP contribution < -0.4 is 9.62 Å². The highest BCUT2D eigenvalue weighted by molar-refractivity contribution is 7.88. The van der Waals surface area contributed by atoms with Crippen LogP contribution >= 0.6 is 0 Å². The van der Waals surface area contributed by atoms with E-state index in [0.717, 1.165) is 36.7 Å². The summed E-state index contributed by atoms with van der Waals surface area (Å²) in [5.74, 6) is 1.62. The second kappa shape index (κ2) is 5.42. The molecule has 1 aromatic rings. The first-order valence-electron chi connectivity index (χ1n) is 6.38. The van der Waals surface area contributed by atoms with Crippen LogP contribution in [0.5, 0.6) is 0 Å². The van der Waals surface area contributed by atoms with Crippen molar-refractivity contribution >= 4 is 15.8 Å². The number of hydrogen-bond acceptors (Lipinski definition) is 5. The minimum absolute atomic E-state index is 0.0423. The van der Waals surface area contributed by atoms with Gasteiger partial charge in [-0.15, -0.1) is 0 Å². The van der Waals surface area contributed by atoms with E-state index in [4.69, 9.17) is 0 Å². The van der Waals surface area contributed by atoms with Crippen LogP contribution in [-0.4, -0.2) is 43.8 Å². The largest absolute Gasteiger partial charge is 0.355 e. The molecule has 1 aliphatic rings. The van der Waals surface area contributed by atoms with Crippen LogP contribution in [0.25, 0.3) is 0 Å². The Balaban J connectivity index is 2.12. The highest BCUT2D eigenvalue weighted by Crippen LogP contribution is 2.19. The number of nitrogens with zero attached hydrogens (tertiary/aromatic N) is 3. The van der Waals surface area contributed by atoms with E-state index >= 15 is 0 Å². The summed E-state index contributed by atoms with van der Waals surface area (Å²) in [5.41, 5.74) is 0.931. The zero-order valence-corrected chi connectivity index (χ0v) is 12.4. The Morgan fingerprint density at radius 1 is 1.37 bits per heavy atom. The van der Waals surface area contributed by atoms with Gasteiger partial charge in [0.1, 0.15) is 11.6 Å². The van der Waals surface area contributed by atoms with Crippen LogP contribution in [-0.2, 0) is 10.0 Å². The molecule has 1 fully saturated rings. The molecule has 1 aliphatic heterocycles. The Morgan fingerprint density at radius 3 is 2.74 bits per heavy atom. The lowest BCUT2D eigenvalue weighted by Gasteiger charge is -2.33. The third-order valence-electron chi connectivity index (χ3n) is 3.08. The van der Waals surface area contributed by atoms with E-state index in [1.807, 2.05) is 19.9 Å². The molecule has 1 atom stereocenters. The molecule has 0 bridgehead atoms. The van der Waals surface area contributed by atoms with Crippen molar-refractivity contribution in [3.63, 3.8) is 0 Å². The van der Waals surface area contributed by atoms with Crippen molar-refractivity contribution < 1.29 is 8.42 Å². The Hall–Kier alpha value is -1.21. The summed E-state index contributed by atoms with van der Waals surface area (Å²) < 4.78 is 25.3. The molecule has 6 nitrogen and oxygen atoms in total. The summed E-state index contributed by atoms with van der Waals surface area (Å²) in [6.45, 7) is 5.36. The Bertz CT molecular complexity index is 539. The van der Waals surface area contributed by atoms with Gasteiger partial charge in [-0.3, -0.25) is 0 Å². The van der Waals surface area contributed by atoms with Crippen molar-refractivity contribution in [2.24, 2.45) is 0 Å². The van der Waals surface area contributed by atoms with Crippen molar-refractivity contribution in [2.75, 3.05) is 24.2 Å². The number of piperidine rings is 1. The van der Waals surface area contributed by atoms with Gasteiger partial charge in [-0.05, 0) is 26.7 Å². The molecule has 1 N–H and O–H groups in total. The van der Waals surface area contributed by atoms with E-state index in [1.165, 1.54) is 6.26 Å². The lowest BCUT2D eigenvalue weighted by atomic mass is 10.1. The zero-order chi connectivity index (χ0) is 14.0. The minimum Gasteiger partial charge on any atom is -0.355 e. The van der Waals surface area contributed by atoms with Crippen molar-refractivity contribution in [1.29, 1.82) is 0 Å². The third kappa shape index (κ3) is 4.14. The van der Waals surface area contributed by atoms with Gasteiger partial charge in [0.2, 0.25) is 10.0 Å². The molecular formula is C12H20N4O2S. The average molecular weight is 284 g/mol. The van der Waals surface area contributed by atoms with E-state index in [1.54, 1.807) is 0 Å². The first kappa shape index (κ1) is 14.2. The van der Waals surface area contributed by atoms with Gasteiger partial charge in [0.05, 0.1) is 6.26 Å². The van der Waals surface area contributed by atoms with Crippen molar-refractivity contribution in [2.45, 2.75) is 32.7 Å². The average Bonchev–Trinajstić information content (AvgIpc) is 2.25. The lowest BCUT2D eigenvalue weighted by Crippen LogP contribution is -2.47. The summed E-state index contributed by atoms with van der Waals surface area (Å²) in [4.78, 5) is 10.8. The predicted octanol–water partition coefficient (Wildman–Crippen LogP) is 0.611.